The van der Waals surface area contributed by atoms with Crippen LogP contribution in [0.25, 0.3) is 0 Å². The summed E-state index contributed by atoms with van der Waals surface area (Å²) in [5, 5.41) is 8.15. The summed E-state index contributed by atoms with van der Waals surface area (Å²) >= 11 is 0. The summed E-state index contributed by atoms with van der Waals surface area (Å²) in [6.45, 7) is 3.84. The van der Waals surface area contributed by atoms with E-state index in [1.807, 2.05) is 6.20 Å². The van der Waals surface area contributed by atoms with Gasteiger partial charge in [0.2, 0.25) is 0 Å². The Morgan fingerprint density at radius 3 is 3.06 bits per heavy atom. The van der Waals surface area contributed by atoms with E-state index < -0.39 is 0 Å². The standard InChI is InChI=1S/C12H19N5/c1-2-6-16(8-11-3-4-11)9-12-10-17(7-5-13)15-14-12/h1,10-11H,3-9,13H2. The highest BCUT2D eigenvalue weighted by Crippen LogP contribution is 2.29. The van der Waals surface area contributed by atoms with Gasteiger partial charge in [-0.3, -0.25) is 9.58 Å². The molecule has 92 valence electrons. The Hall–Kier alpha value is -1.38. The van der Waals surface area contributed by atoms with E-state index >= 15 is 0 Å². The minimum Gasteiger partial charge on any atom is -0.329 e. The number of aromatic nitrogens is 3. The van der Waals surface area contributed by atoms with Gasteiger partial charge in [0.25, 0.3) is 0 Å². The largest absolute Gasteiger partial charge is 0.329 e. The lowest BCUT2D eigenvalue weighted by molar-refractivity contribution is 0.283. The maximum absolute atomic E-state index is 5.47. The molecule has 0 amide bonds. The van der Waals surface area contributed by atoms with E-state index in [-0.39, 0.29) is 0 Å². The Bertz CT molecular complexity index is 388. The zero-order chi connectivity index (χ0) is 12.1. The van der Waals surface area contributed by atoms with Gasteiger partial charge in [-0.2, -0.15) is 0 Å². The van der Waals surface area contributed by atoms with Gasteiger partial charge in [0.05, 0.1) is 18.8 Å². The molecule has 1 aromatic rings. The summed E-state index contributed by atoms with van der Waals surface area (Å²) in [5.74, 6) is 3.54. The van der Waals surface area contributed by atoms with Gasteiger partial charge in [-0.05, 0) is 18.8 Å². The third-order valence-electron chi connectivity index (χ3n) is 2.86. The van der Waals surface area contributed by atoms with E-state index in [1.54, 1.807) is 4.68 Å². The predicted molar refractivity (Wildman–Crippen MR) is 65.9 cm³/mol. The molecule has 0 unspecified atom stereocenters. The smallest absolute Gasteiger partial charge is 0.0967 e. The predicted octanol–water partition coefficient (Wildman–Crippen LogP) is 0.0820. The highest BCUT2D eigenvalue weighted by Gasteiger charge is 2.24. The van der Waals surface area contributed by atoms with Crippen LogP contribution in [0.3, 0.4) is 0 Å². The van der Waals surface area contributed by atoms with Crippen LogP contribution in [0.5, 0.6) is 0 Å². The Morgan fingerprint density at radius 2 is 2.41 bits per heavy atom. The molecule has 1 fully saturated rings. The molecule has 2 rings (SSSR count). The quantitative estimate of drug-likeness (QED) is 0.678. The number of hydrogen-bond donors (Lipinski definition) is 1. The monoisotopic (exact) mass is 233 g/mol. The highest BCUT2D eigenvalue weighted by molar-refractivity contribution is 4.96. The molecule has 1 aliphatic rings. The Kier molecular flexibility index (Phi) is 4.13. The maximum Gasteiger partial charge on any atom is 0.0967 e. The molecule has 2 N–H and O–H groups in total. The van der Waals surface area contributed by atoms with Gasteiger partial charge in [-0.1, -0.05) is 11.1 Å². The second-order valence-corrected chi connectivity index (χ2v) is 4.58. The average molecular weight is 233 g/mol. The van der Waals surface area contributed by atoms with Gasteiger partial charge in [0.1, 0.15) is 0 Å². The van der Waals surface area contributed by atoms with Crippen molar-refractivity contribution in [2.24, 2.45) is 11.7 Å². The van der Waals surface area contributed by atoms with Crippen molar-refractivity contribution in [2.75, 3.05) is 19.6 Å². The van der Waals surface area contributed by atoms with Gasteiger partial charge >= 0.3 is 0 Å². The minimum absolute atomic E-state index is 0.582. The first-order valence-corrected chi connectivity index (χ1v) is 6.06. The molecule has 1 heterocycles. The first kappa shape index (κ1) is 12.1. The summed E-state index contributed by atoms with van der Waals surface area (Å²) in [7, 11) is 0. The van der Waals surface area contributed by atoms with Crippen LogP contribution in [0.15, 0.2) is 6.20 Å². The highest BCUT2D eigenvalue weighted by atomic mass is 15.4. The lowest BCUT2D eigenvalue weighted by atomic mass is 10.3. The first-order valence-electron chi connectivity index (χ1n) is 6.06. The zero-order valence-electron chi connectivity index (χ0n) is 10.0. The van der Waals surface area contributed by atoms with E-state index in [0.717, 1.165) is 24.7 Å². The topological polar surface area (TPSA) is 60.0 Å². The molecule has 1 aromatic heterocycles. The summed E-state index contributed by atoms with van der Waals surface area (Å²) in [6.07, 6.45) is 10.00. The summed E-state index contributed by atoms with van der Waals surface area (Å²) < 4.78 is 1.78. The van der Waals surface area contributed by atoms with Crippen molar-refractivity contribution in [3.8, 4) is 12.3 Å². The molecule has 0 spiro atoms. The molecule has 1 saturated carbocycles. The molecule has 0 aromatic carbocycles. The van der Waals surface area contributed by atoms with E-state index in [2.05, 4.69) is 21.1 Å². The number of nitrogens with zero attached hydrogens (tertiary/aromatic N) is 4. The van der Waals surface area contributed by atoms with Gasteiger partial charge in [-0.25, -0.2) is 0 Å². The second-order valence-electron chi connectivity index (χ2n) is 4.58. The Balaban J connectivity index is 1.88. The molecule has 0 radical (unpaired) electrons. The van der Waals surface area contributed by atoms with Crippen LogP contribution in [0.1, 0.15) is 18.5 Å². The molecule has 0 atom stereocenters. The molecule has 1 aliphatic carbocycles. The fourth-order valence-corrected chi connectivity index (χ4v) is 1.86. The fraction of sp³-hybridized carbons (Fsp3) is 0.667. The van der Waals surface area contributed by atoms with Crippen molar-refractivity contribution in [2.45, 2.75) is 25.9 Å². The molecular formula is C12H19N5. The van der Waals surface area contributed by atoms with Crippen LogP contribution in [0, 0.1) is 18.3 Å². The van der Waals surface area contributed by atoms with Crippen molar-refractivity contribution in [3.05, 3.63) is 11.9 Å². The van der Waals surface area contributed by atoms with Crippen molar-refractivity contribution >= 4 is 0 Å². The fourth-order valence-electron chi connectivity index (χ4n) is 1.86. The van der Waals surface area contributed by atoms with Crippen molar-refractivity contribution in [1.29, 1.82) is 0 Å². The lowest BCUT2D eigenvalue weighted by Crippen LogP contribution is -2.26. The number of nitrogens with two attached hydrogens (primary N) is 1. The number of terminal acetylenes is 1. The van der Waals surface area contributed by atoms with Crippen molar-refractivity contribution in [1.82, 2.24) is 19.9 Å². The van der Waals surface area contributed by atoms with Crippen LogP contribution in [-0.2, 0) is 13.1 Å². The van der Waals surface area contributed by atoms with Gasteiger partial charge in [0, 0.05) is 25.8 Å². The minimum atomic E-state index is 0.582. The molecule has 5 heteroatoms. The van der Waals surface area contributed by atoms with Gasteiger partial charge in [-0.15, -0.1) is 11.5 Å². The van der Waals surface area contributed by atoms with Crippen LogP contribution in [0.2, 0.25) is 0 Å². The molecular weight excluding hydrogens is 214 g/mol. The maximum atomic E-state index is 5.47. The van der Waals surface area contributed by atoms with E-state index in [9.17, 15) is 0 Å². The van der Waals surface area contributed by atoms with Crippen molar-refractivity contribution < 1.29 is 0 Å². The van der Waals surface area contributed by atoms with Crippen LogP contribution in [0.4, 0.5) is 0 Å². The summed E-state index contributed by atoms with van der Waals surface area (Å²) in [4.78, 5) is 2.26. The molecule has 5 nitrogen and oxygen atoms in total. The molecule has 17 heavy (non-hydrogen) atoms. The van der Waals surface area contributed by atoms with Crippen LogP contribution >= 0.6 is 0 Å². The average Bonchev–Trinajstić information content (AvgIpc) is 3.00. The Labute approximate surface area is 102 Å². The zero-order valence-corrected chi connectivity index (χ0v) is 10.0. The van der Waals surface area contributed by atoms with E-state index in [0.29, 0.717) is 19.6 Å². The third kappa shape index (κ3) is 3.84. The number of hydrogen-bond acceptors (Lipinski definition) is 4. The third-order valence-corrected chi connectivity index (χ3v) is 2.86. The summed E-state index contributed by atoms with van der Waals surface area (Å²) in [5.41, 5.74) is 6.43. The number of rotatable bonds is 7. The SMILES string of the molecule is C#CCN(Cc1cn(CCN)nn1)CC1CC1. The van der Waals surface area contributed by atoms with Gasteiger partial charge < -0.3 is 5.73 Å². The van der Waals surface area contributed by atoms with E-state index in [4.69, 9.17) is 12.2 Å². The van der Waals surface area contributed by atoms with Gasteiger partial charge in [0.15, 0.2) is 0 Å². The summed E-state index contributed by atoms with van der Waals surface area (Å²) in [6, 6.07) is 0. The second kappa shape index (κ2) is 5.80. The molecule has 0 saturated heterocycles. The molecule has 0 aliphatic heterocycles. The van der Waals surface area contributed by atoms with Crippen LogP contribution < -0.4 is 5.73 Å². The van der Waals surface area contributed by atoms with Crippen molar-refractivity contribution in [3.63, 3.8) is 0 Å². The normalized spacial score (nSPS) is 15.1. The van der Waals surface area contributed by atoms with Crippen LogP contribution in [-0.4, -0.2) is 39.5 Å². The lowest BCUT2D eigenvalue weighted by Gasteiger charge is -2.17. The van der Waals surface area contributed by atoms with E-state index in [1.165, 1.54) is 12.8 Å². The molecule has 0 bridgehead atoms. The Morgan fingerprint density at radius 1 is 1.59 bits per heavy atom. The first-order chi connectivity index (χ1) is 8.31.